The molecule has 0 aliphatic rings. The monoisotopic (exact) mass is 307 g/mol. The van der Waals surface area contributed by atoms with Crippen LogP contribution in [0.4, 0.5) is 10.5 Å². The summed E-state index contributed by atoms with van der Waals surface area (Å²) in [6, 6.07) is 6.84. The number of benzene rings is 1. The minimum absolute atomic E-state index is 0.269. The summed E-state index contributed by atoms with van der Waals surface area (Å²) < 4.78 is 1.84. The molecule has 0 atom stereocenters. The van der Waals surface area contributed by atoms with Crippen molar-refractivity contribution in [2.75, 3.05) is 11.9 Å². The van der Waals surface area contributed by atoms with Gasteiger partial charge in [0.25, 0.3) is 0 Å². The third kappa shape index (κ3) is 4.46. The van der Waals surface area contributed by atoms with E-state index in [0.29, 0.717) is 17.3 Å². The van der Waals surface area contributed by atoms with Crippen LogP contribution in [0.3, 0.4) is 0 Å². The van der Waals surface area contributed by atoms with Crippen LogP contribution < -0.4 is 10.6 Å². The van der Waals surface area contributed by atoms with Gasteiger partial charge in [0.2, 0.25) is 0 Å². The Hall–Kier alpha value is -2.08. The van der Waals surface area contributed by atoms with E-state index in [1.165, 1.54) is 0 Å². The third-order valence-electron chi connectivity index (χ3n) is 2.92. The van der Waals surface area contributed by atoms with E-state index in [4.69, 9.17) is 11.6 Å². The summed E-state index contributed by atoms with van der Waals surface area (Å²) >= 11 is 5.97. The number of hydrogen-bond donors (Lipinski definition) is 2. The van der Waals surface area contributed by atoms with Gasteiger partial charge in [-0.15, -0.1) is 0 Å². The van der Waals surface area contributed by atoms with E-state index in [-0.39, 0.29) is 6.03 Å². The van der Waals surface area contributed by atoms with Crippen molar-refractivity contribution < 1.29 is 4.79 Å². The van der Waals surface area contributed by atoms with Gasteiger partial charge in [0.15, 0.2) is 0 Å². The molecule has 0 unspecified atom stereocenters. The highest BCUT2D eigenvalue weighted by Gasteiger charge is 2.05. The largest absolute Gasteiger partial charge is 0.338 e. The Morgan fingerprint density at radius 2 is 2.10 bits per heavy atom. The minimum atomic E-state index is -0.269. The molecular formula is C14H18ClN5O. The minimum Gasteiger partial charge on any atom is -0.338 e. The molecule has 1 aromatic carbocycles. The lowest BCUT2D eigenvalue weighted by Crippen LogP contribution is -2.30. The summed E-state index contributed by atoms with van der Waals surface area (Å²) in [6.45, 7) is 5.05. The molecule has 0 aliphatic carbocycles. The molecule has 7 heteroatoms. The number of aryl methyl sites for hydroxylation is 3. The number of anilines is 1. The molecule has 2 N–H and O–H groups in total. The normalized spacial score (nSPS) is 10.4. The Morgan fingerprint density at radius 3 is 2.76 bits per heavy atom. The molecule has 0 fully saturated rings. The highest BCUT2D eigenvalue weighted by atomic mass is 35.5. The van der Waals surface area contributed by atoms with Gasteiger partial charge in [0, 0.05) is 13.1 Å². The lowest BCUT2D eigenvalue weighted by molar-refractivity contribution is 0.251. The summed E-state index contributed by atoms with van der Waals surface area (Å²) in [4.78, 5) is 16.0. The number of urea groups is 1. The van der Waals surface area contributed by atoms with E-state index >= 15 is 0 Å². The van der Waals surface area contributed by atoms with E-state index < -0.39 is 0 Å². The van der Waals surface area contributed by atoms with Crippen molar-refractivity contribution in [3.8, 4) is 0 Å². The zero-order chi connectivity index (χ0) is 15.2. The topological polar surface area (TPSA) is 71.8 Å². The summed E-state index contributed by atoms with van der Waals surface area (Å²) in [5, 5.41) is 10.3. The summed E-state index contributed by atoms with van der Waals surface area (Å²) in [6.07, 6.45) is 0.777. The summed E-state index contributed by atoms with van der Waals surface area (Å²) in [5.41, 5.74) is 0.597. The van der Waals surface area contributed by atoms with Gasteiger partial charge >= 0.3 is 6.03 Å². The fraction of sp³-hybridized carbons (Fsp3) is 0.357. The van der Waals surface area contributed by atoms with Crippen LogP contribution in [0.2, 0.25) is 5.02 Å². The number of halogens is 1. The van der Waals surface area contributed by atoms with Gasteiger partial charge in [-0.25, -0.2) is 9.78 Å². The molecule has 0 saturated heterocycles. The number of rotatable bonds is 5. The van der Waals surface area contributed by atoms with Crippen LogP contribution in [0.15, 0.2) is 24.3 Å². The molecule has 21 heavy (non-hydrogen) atoms. The molecule has 2 aromatic rings. The maximum absolute atomic E-state index is 11.7. The second kappa shape index (κ2) is 7.08. The molecule has 0 aliphatic heterocycles. The molecule has 0 saturated carbocycles. The Morgan fingerprint density at radius 1 is 1.33 bits per heavy atom. The van der Waals surface area contributed by atoms with Crippen molar-refractivity contribution in [2.45, 2.75) is 26.8 Å². The number of nitrogens with zero attached hydrogens (tertiary/aromatic N) is 3. The van der Waals surface area contributed by atoms with Crippen molar-refractivity contribution in [2.24, 2.45) is 0 Å². The number of para-hydroxylation sites is 1. The maximum Gasteiger partial charge on any atom is 0.319 e. The van der Waals surface area contributed by atoms with E-state index in [1.54, 1.807) is 12.1 Å². The van der Waals surface area contributed by atoms with Gasteiger partial charge in [0.1, 0.15) is 11.6 Å². The molecular weight excluding hydrogens is 290 g/mol. The molecule has 0 radical (unpaired) electrons. The fourth-order valence-electron chi connectivity index (χ4n) is 1.93. The van der Waals surface area contributed by atoms with Gasteiger partial charge in [-0.2, -0.15) is 5.10 Å². The molecule has 2 amide bonds. The van der Waals surface area contributed by atoms with Crippen LogP contribution in [-0.2, 0) is 6.54 Å². The Balaban J connectivity index is 1.72. The SMILES string of the molecule is Cc1nc(C)n(CCCNC(=O)Nc2ccccc2Cl)n1. The third-order valence-corrected chi connectivity index (χ3v) is 3.25. The Labute approximate surface area is 128 Å². The van der Waals surface area contributed by atoms with E-state index in [2.05, 4.69) is 20.7 Å². The Bertz CT molecular complexity index is 626. The van der Waals surface area contributed by atoms with E-state index in [1.807, 2.05) is 30.7 Å². The van der Waals surface area contributed by atoms with Gasteiger partial charge in [0.05, 0.1) is 10.7 Å². The first-order valence-corrected chi connectivity index (χ1v) is 7.11. The molecule has 1 aromatic heterocycles. The average molecular weight is 308 g/mol. The number of aromatic nitrogens is 3. The van der Waals surface area contributed by atoms with Gasteiger partial charge in [-0.3, -0.25) is 4.68 Å². The molecule has 6 nitrogen and oxygen atoms in total. The summed E-state index contributed by atoms with van der Waals surface area (Å²) in [7, 11) is 0. The number of nitrogens with one attached hydrogen (secondary N) is 2. The predicted octanol–water partition coefficient (Wildman–Crippen LogP) is 2.76. The lowest BCUT2D eigenvalue weighted by atomic mass is 10.3. The Kier molecular flexibility index (Phi) is 5.16. The first-order valence-electron chi connectivity index (χ1n) is 6.73. The quantitative estimate of drug-likeness (QED) is 0.834. The number of hydrogen-bond acceptors (Lipinski definition) is 3. The van der Waals surface area contributed by atoms with Crippen LogP contribution in [0.1, 0.15) is 18.1 Å². The van der Waals surface area contributed by atoms with Gasteiger partial charge < -0.3 is 10.6 Å². The smallest absolute Gasteiger partial charge is 0.319 e. The van der Waals surface area contributed by atoms with Gasteiger partial charge in [-0.1, -0.05) is 23.7 Å². The van der Waals surface area contributed by atoms with Gasteiger partial charge in [-0.05, 0) is 32.4 Å². The molecule has 2 rings (SSSR count). The van der Waals surface area contributed by atoms with Crippen LogP contribution in [0.5, 0.6) is 0 Å². The fourth-order valence-corrected chi connectivity index (χ4v) is 2.12. The van der Waals surface area contributed by atoms with Crippen molar-refractivity contribution in [3.05, 3.63) is 40.9 Å². The molecule has 112 valence electrons. The van der Waals surface area contributed by atoms with Crippen LogP contribution in [-0.4, -0.2) is 27.3 Å². The predicted molar refractivity (Wildman–Crippen MR) is 82.6 cm³/mol. The summed E-state index contributed by atoms with van der Waals surface area (Å²) in [5.74, 6) is 1.64. The highest BCUT2D eigenvalue weighted by Crippen LogP contribution is 2.19. The lowest BCUT2D eigenvalue weighted by Gasteiger charge is -2.09. The van der Waals surface area contributed by atoms with Crippen molar-refractivity contribution in [1.82, 2.24) is 20.1 Å². The molecule has 0 spiro atoms. The molecule has 1 heterocycles. The first-order chi connectivity index (χ1) is 10.1. The van der Waals surface area contributed by atoms with Crippen molar-refractivity contribution >= 4 is 23.3 Å². The van der Waals surface area contributed by atoms with E-state index in [0.717, 1.165) is 24.6 Å². The standard InChI is InChI=1S/C14H18ClN5O/c1-10-17-11(2)20(19-10)9-5-8-16-14(21)18-13-7-4-3-6-12(13)15/h3-4,6-7H,5,8-9H2,1-2H3,(H2,16,18,21). The second-order valence-corrected chi connectivity index (χ2v) is 5.05. The highest BCUT2D eigenvalue weighted by molar-refractivity contribution is 6.33. The number of amides is 2. The van der Waals surface area contributed by atoms with E-state index in [9.17, 15) is 4.79 Å². The second-order valence-electron chi connectivity index (χ2n) is 4.64. The number of carbonyl (C=O) groups excluding carboxylic acids is 1. The number of carbonyl (C=O) groups is 1. The zero-order valence-electron chi connectivity index (χ0n) is 12.1. The average Bonchev–Trinajstić information content (AvgIpc) is 2.76. The first kappa shape index (κ1) is 15.3. The van der Waals surface area contributed by atoms with Crippen molar-refractivity contribution in [3.63, 3.8) is 0 Å². The van der Waals surface area contributed by atoms with Crippen molar-refractivity contribution in [1.29, 1.82) is 0 Å². The van der Waals surface area contributed by atoms with Crippen LogP contribution in [0, 0.1) is 13.8 Å². The van der Waals surface area contributed by atoms with Crippen LogP contribution in [0.25, 0.3) is 0 Å². The van der Waals surface area contributed by atoms with Crippen LogP contribution >= 0.6 is 11.6 Å². The molecule has 0 bridgehead atoms. The zero-order valence-corrected chi connectivity index (χ0v) is 12.8. The maximum atomic E-state index is 11.7.